The maximum absolute atomic E-state index is 5.73. The number of aromatic nitrogens is 3. The van der Waals surface area contributed by atoms with E-state index in [4.69, 9.17) is 16.3 Å². The van der Waals surface area contributed by atoms with E-state index >= 15 is 0 Å². The average molecular weight is 266 g/mol. The molecule has 0 unspecified atom stereocenters. The van der Waals surface area contributed by atoms with Crippen LogP contribution in [0.3, 0.4) is 0 Å². The minimum atomic E-state index is 0.427. The lowest BCUT2D eigenvalue weighted by Gasteiger charge is -2.12. The molecule has 0 saturated carbocycles. The van der Waals surface area contributed by atoms with Gasteiger partial charge in [-0.1, -0.05) is 0 Å². The van der Waals surface area contributed by atoms with E-state index < -0.39 is 0 Å². The van der Waals surface area contributed by atoms with Crippen LogP contribution in [-0.4, -0.2) is 21.6 Å². The number of hydrogen-bond acceptors (Lipinski definition) is 3. The number of halogens is 1. The summed E-state index contributed by atoms with van der Waals surface area (Å²) in [5.74, 6) is 1.33. The molecule has 18 heavy (non-hydrogen) atoms. The fourth-order valence-electron chi connectivity index (χ4n) is 1.97. The molecule has 2 aromatic heterocycles. The summed E-state index contributed by atoms with van der Waals surface area (Å²) in [6.45, 7) is 4.69. The van der Waals surface area contributed by atoms with E-state index in [1.807, 2.05) is 30.8 Å². The van der Waals surface area contributed by atoms with Crippen LogP contribution in [-0.2, 0) is 12.4 Å². The van der Waals surface area contributed by atoms with Crippen LogP contribution in [0.4, 0.5) is 0 Å². The number of rotatable bonds is 4. The molecule has 0 saturated heterocycles. The largest absolute Gasteiger partial charge is 0.496 e. The van der Waals surface area contributed by atoms with Gasteiger partial charge in [0.05, 0.1) is 37.2 Å². The van der Waals surface area contributed by atoms with Crippen LogP contribution in [0.5, 0.6) is 5.75 Å². The summed E-state index contributed by atoms with van der Waals surface area (Å²) in [5, 5.41) is 0. The maximum atomic E-state index is 5.73. The predicted octanol–water partition coefficient (Wildman–Crippen LogP) is 2.69. The lowest BCUT2D eigenvalue weighted by atomic mass is 10.1. The monoisotopic (exact) mass is 265 g/mol. The van der Waals surface area contributed by atoms with Gasteiger partial charge in [-0.25, -0.2) is 4.98 Å². The highest BCUT2D eigenvalue weighted by Gasteiger charge is 2.10. The van der Waals surface area contributed by atoms with Crippen molar-refractivity contribution in [3.63, 3.8) is 0 Å². The van der Waals surface area contributed by atoms with Crippen molar-refractivity contribution in [3.8, 4) is 5.75 Å². The van der Waals surface area contributed by atoms with Crippen LogP contribution in [0.25, 0.3) is 0 Å². The normalized spacial score (nSPS) is 10.7. The summed E-state index contributed by atoms with van der Waals surface area (Å²) in [6, 6.07) is 0. The maximum Gasteiger partial charge on any atom is 0.128 e. The summed E-state index contributed by atoms with van der Waals surface area (Å²) in [7, 11) is 1.68. The van der Waals surface area contributed by atoms with Crippen LogP contribution < -0.4 is 4.74 Å². The van der Waals surface area contributed by atoms with Gasteiger partial charge in [0.15, 0.2) is 0 Å². The number of pyridine rings is 1. The Morgan fingerprint density at radius 3 is 2.72 bits per heavy atom. The van der Waals surface area contributed by atoms with E-state index in [1.165, 1.54) is 0 Å². The van der Waals surface area contributed by atoms with Gasteiger partial charge >= 0.3 is 0 Å². The first kappa shape index (κ1) is 12.9. The van der Waals surface area contributed by atoms with Gasteiger partial charge in [0, 0.05) is 23.5 Å². The molecule has 2 heterocycles. The van der Waals surface area contributed by atoms with Crippen LogP contribution in [0.15, 0.2) is 18.7 Å². The van der Waals surface area contributed by atoms with Gasteiger partial charge < -0.3 is 9.30 Å². The van der Waals surface area contributed by atoms with Crippen molar-refractivity contribution in [2.45, 2.75) is 26.3 Å². The summed E-state index contributed by atoms with van der Waals surface area (Å²) >= 11 is 5.73. The van der Waals surface area contributed by atoms with E-state index in [1.54, 1.807) is 13.4 Å². The Bertz CT molecular complexity index is 551. The van der Waals surface area contributed by atoms with Crippen molar-refractivity contribution < 1.29 is 4.74 Å². The number of nitrogens with zero attached hydrogens (tertiary/aromatic N) is 3. The Balaban J connectivity index is 2.29. The number of methoxy groups -OCH3 is 1. The molecule has 0 bridgehead atoms. The number of aryl methyl sites for hydroxylation is 1. The molecule has 0 radical (unpaired) electrons. The summed E-state index contributed by atoms with van der Waals surface area (Å²) < 4.78 is 7.37. The highest BCUT2D eigenvalue weighted by Crippen LogP contribution is 2.24. The number of alkyl halides is 1. The zero-order chi connectivity index (χ0) is 13.1. The molecular weight excluding hydrogens is 250 g/mol. The van der Waals surface area contributed by atoms with Crippen LogP contribution in [0, 0.1) is 13.8 Å². The second-order valence-corrected chi connectivity index (χ2v) is 4.48. The van der Waals surface area contributed by atoms with Crippen molar-refractivity contribution in [1.29, 1.82) is 0 Å². The van der Waals surface area contributed by atoms with Crippen molar-refractivity contribution in [2.24, 2.45) is 0 Å². The van der Waals surface area contributed by atoms with E-state index in [0.717, 1.165) is 28.3 Å². The molecule has 4 nitrogen and oxygen atoms in total. The van der Waals surface area contributed by atoms with Crippen molar-refractivity contribution >= 4 is 11.6 Å². The highest BCUT2D eigenvalue weighted by atomic mass is 35.5. The third kappa shape index (κ3) is 2.48. The number of hydrogen-bond donors (Lipinski definition) is 0. The average Bonchev–Trinajstić information content (AvgIpc) is 2.81. The van der Waals surface area contributed by atoms with E-state index in [0.29, 0.717) is 12.4 Å². The molecule has 0 spiro atoms. The summed E-state index contributed by atoms with van der Waals surface area (Å²) in [5.41, 5.74) is 3.97. The molecule has 0 aliphatic rings. The first-order chi connectivity index (χ1) is 8.65. The fraction of sp³-hybridized carbons (Fsp3) is 0.385. The van der Waals surface area contributed by atoms with Gasteiger partial charge in [0.1, 0.15) is 5.75 Å². The molecule has 0 N–H and O–H groups in total. The molecular formula is C13H16ClN3O. The lowest BCUT2D eigenvalue weighted by Crippen LogP contribution is -2.04. The Morgan fingerprint density at radius 2 is 2.11 bits per heavy atom. The molecule has 0 amide bonds. The molecule has 0 aliphatic carbocycles. The molecule has 0 atom stereocenters. The smallest absolute Gasteiger partial charge is 0.128 e. The van der Waals surface area contributed by atoms with Gasteiger partial charge in [-0.3, -0.25) is 4.98 Å². The summed E-state index contributed by atoms with van der Waals surface area (Å²) in [6.07, 6.45) is 5.53. The first-order valence-corrected chi connectivity index (χ1v) is 6.24. The SMILES string of the molecule is COc1c(C)cnc(Cn2cnc(CCl)c2)c1C. The van der Waals surface area contributed by atoms with Crippen molar-refractivity contribution in [2.75, 3.05) is 7.11 Å². The summed E-state index contributed by atoms with van der Waals surface area (Å²) in [4.78, 5) is 8.65. The van der Waals surface area contributed by atoms with Gasteiger partial charge in [0.25, 0.3) is 0 Å². The van der Waals surface area contributed by atoms with Crippen LogP contribution in [0.2, 0.25) is 0 Å². The molecule has 0 fully saturated rings. The van der Waals surface area contributed by atoms with Crippen LogP contribution >= 0.6 is 11.6 Å². The molecule has 5 heteroatoms. The fourth-order valence-corrected chi connectivity index (χ4v) is 2.10. The topological polar surface area (TPSA) is 39.9 Å². The van der Waals surface area contributed by atoms with Gasteiger partial charge in [0.2, 0.25) is 0 Å². The second kappa shape index (κ2) is 5.40. The van der Waals surface area contributed by atoms with E-state index in [2.05, 4.69) is 9.97 Å². The van der Waals surface area contributed by atoms with E-state index in [9.17, 15) is 0 Å². The van der Waals surface area contributed by atoms with Gasteiger partial charge in [-0.2, -0.15) is 0 Å². The predicted molar refractivity (Wildman–Crippen MR) is 71.1 cm³/mol. The number of imidazole rings is 1. The molecule has 0 aliphatic heterocycles. The number of ether oxygens (including phenoxy) is 1. The van der Waals surface area contributed by atoms with Gasteiger partial charge in [-0.15, -0.1) is 11.6 Å². The first-order valence-electron chi connectivity index (χ1n) is 5.71. The Kier molecular flexibility index (Phi) is 3.87. The Morgan fingerprint density at radius 1 is 1.33 bits per heavy atom. The standard InChI is InChI=1S/C13H16ClN3O/c1-9-5-15-12(10(2)13(9)18-3)7-17-6-11(4-14)16-8-17/h5-6,8H,4,7H2,1-3H3. The minimum absolute atomic E-state index is 0.427. The molecule has 96 valence electrons. The van der Waals surface area contributed by atoms with Crippen molar-refractivity contribution in [3.05, 3.63) is 41.2 Å². The Hall–Kier alpha value is -1.55. The molecule has 2 aromatic rings. The zero-order valence-corrected chi connectivity index (χ0v) is 11.5. The van der Waals surface area contributed by atoms with Crippen LogP contribution in [0.1, 0.15) is 22.5 Å². The quantitative estimate of drug-likeness (QED) is 0.798. The highest BCUT2D eigenvalue weighted by molar-refractivity contribution is 6.16. The van der Waals surface area contributed by atoms with Gasteiger partial charge in [-0.05, 0) is 13.8 Å². The third-order valence-electron chi connectivity index (χ3n) is 2.91. The molecule has 0 aromatic carbocycles. The Labute approximate surface area is 112 Å². The lowest BCUT2D eigenvalue weighted by molar-refractivity contribution is 0.406. The molecule has 2 rings (SSSR count). The van der Waals surface area contributed by atoms with Crippen molar-refractivity contribution in [1.82, 2.24) is 14.5 Å². The second-order valence-electron chi connectivity index (χ2n) is 4.22. The third-order valence-corrected chi connectivity index (χ3v) is 3.18. The zero-order valence-electron chi connectivity index (χ0n) is 10.8. The minimum Gasteiger partial charge on any atom is -0.496 e. The van der Waals surface area contributed by atoms with E-state index in [-0.39, 0.29) is 0 Å².